The Morgan fingerprint density at radius 3 is 3.06 bits per heavy atom. The van der Waals surface area contributed by atoms with Gasteiger partial charge in [-0.1, -0.05) is 12.8 Å². The van der Waals surface area contributed by atoms with Crippen molar-refractivity contribution in [3.05, 3.63) is 16.8 Å². The Balaban J connectivity index is 2.03. The van der Waals surface area contributed by atoms with Crippen molar-refractivity contribution in [2.24, 2.45) is 11.7 Å². The van der Waals surface area contributed by atoms with E-state index in [4.69, 9.17) is 5.73 Å². The number of thiophene rings is 1. The Morgan fingerprint density at radius 1 is 1.62 bits per heavy atom. The molecule has 88 valence electrons. The quantitative estimate of drug-likeness (QED) is 0.832. The molecule has 0 aromatic carbocycles. The van der Waals surface area contributed by atoms with Gasteiger partial charge < -0.3 is 11.1 Å². The molecule has 0 bridgehead atoms. The van der Waals surface area contributed by atoms with E-state index in [0.717, 1.165) is 31.4 Å². The maximum atomic E-state index is 12.1. The zero-order valence-electron chi connectivity index (χ0n) is 9.53. The van der Waals surface area contributed by atoms with Gasteiger partial charge in [0, 0.05) is 10.9 Å². The molecule has 1 aliphatic rings. The molecule has 3 nitrogen and oxygen atoms in total. The van der Waals surface area contributed by atoms with E-state index in [1.54, 1.807) is 11.3 Å². The van der Waals surface area contributed by atoms with Crippen LogP contribution in [-0.2, 0) is 4.79 Å². The van der Waals surface area contributed by atoms with Crippen LogP contribution in [0.15, 0.2) is 16.8 Å². The van der Waals surface area contributed by atoms with E-state index < -0.39 is 0 Å². The lowest BCUT2D eigenvalue weighted by molar-refractivity contribution is -0.122. The minimum absolute atomic E-state index is 0.0545. The molecule has 0 radical (unpaired) electrons. The van der Waals surface area contributed by atoms with Gasteiger partial charge in [-0.25, -0.2) is 0 Å². The van der Waals surface area contributed by atoms with Gasteiger partial charge in [-0.2, -0.15) is 11.3 Å². The summed E-state index contributed by atoms with van der Waals surface area (Å²) in [6, 6.07) is 1.92. The molecule has 1 heterocycles. The van der Waals surface area contributed by atoms with Crippen molar-refractivity contribution >= 4 is 22.9 Å². The van der Waals surface area contributed by atoms with Gasteiger partial charge in [-0.3, -0.25) is 4.79 Å². The molecule has 4 heteroatoms. The molecule has 0 spiro atoms. The topological polar surface area (TPSA) is 55.1 Å². The molecule has 1 fully saturated rings. The van der Waals surface area contributed by atoms with Crippen LogP contribution in [0.1, 0.15) is 32.6 Å². The smallest absolute Gasteiger partial charge is 0.229 e. The lowest BCUT2D eigenvalue weighted by Crippen LogP contribution is -2.51. The molecule has 0 saturated heterocycles. The third-order valence-electron chi connectivity index (χ3n) is 3.36. The predicted molar refractivity (Wildman–Crippen MR) is 67.5 cm³/mol. The second-order valence-electron chi connectivity index (χ2n) is 4.81. The van der Waals surface area contributed by atoms with Gasteiger partial charge in [0.25, 0.3) is 0 Å². The summed E-state index contributed by atoms with van der Waals surface area (Å²) in [4.78, 5) is 12.1. The first-order valence-corrected chi connectivity index (χ1v) is 6.66. The molecule has 1 aromatic rings. The van der Waals surface area contributed by atoms with Crippen LogP contribution in [0.3, 0.4) is 0 Å². The molecule has 1 aromatic heterocycles. The minimum Gasteiger partial charge on any atom is -0.325 e. The van der Waals surface area contributed by atoms with Gasteiger partial charge in [0.15, 0.2) is 0 Å². The second kappa shape index (κ2) is 4.55. The summed E-state index contributed by atoms with van der Waals surface area (Å²) in [5.41, 5.74) is 6.73. The van der Waals surface area contributed by atoms with Gasteiger partial charge in [0.1, 0.15) is 0 Å². The first-order valence-electron chi connectivity index (χ1n) is 5.71. The Bertz CT molecular complexity index is 359. The molecular weight excluding hydrogens is 220 g/mol. The van der Waals surface area contributed by atoms with E-state index in [0.29, 0.717) is 0 Å². The summed E-state index contributed by atoms with van der Waals surface area (Å²) >= 11 is 1.58. The summed E-state index contributed by atoms with van der Waals surface area (Å²) in [6.45, 7) is 1.99. The van der Waals surface area contributed by atoms with Crippen molar-refractivity contribution in [2.45, 2.75) is 38.1 Å². The second-order valence-corrected chi connectivity index (χ2v) is 5.59. The Kier molecular flexibility index (Phi) is 3.30. The normalized spacial score (nSPS) is 30.0. The number of hydrogen-bond donors (Lipinski definition) is 2. The fourth-order valence-electron chi connectivity index (χ4n) is 2.35. The van der Waals surface area contributed by atoms with E-state index in [1.807, 2.05) is 23.8 Å². The van der Waals surface area contributed by atoms with Gasteiger partial charge in [0.2, 0.25) is 5.91 Å². The minimum atomic E-state index is -0.349. The van der Waals surface area contributed by atoms with Crippen LogP contribution in [0.4, 0.5) is 5.69 Å². The SMILES string of the molecule is CC1(N)CCCCC1C(=O)Nc1ccsc1. The number of rotatable bonds is 2. The zero-order valence-corrected chi connectivity index (χ0v) is 10.3. The van der Waals surface area contributed by atoms with Crippen molar-refractivity contribution in [2.75, 3.05) is 5.32 Å². The number of hydrogen-bond acceptors (Lipinski definition) is 3. The molecule has 2 unspecified atom stereocenters. The van der Waals surface area contributed by atoms with E-state index >= 15 is 0 Å². The number of amides is 1. The van der Waals surface area contributed by atoms with E-state index in [9.17, 15) is 4.79 Å². The number of carbonyl (C=O) groups excluding carboxylic acids is 1. The largest absolute Gasteiger partial charge is 0.325 e. The van der Waals surface area contributed by atoms with Crippen molar-refractivity contribution in [3.8, 4) is 0 Å². The standard InChI is InChI=1S/C12H18N2OS/c1-12(13)6-3-2-4-10(12)11(15)14-9-5-7-16-8-9/h5,7-8,10H,2-4,6,13H2,1H3,(H,14,15). The average molecular weight is 238 g/mol. The number of carbonyl (C=O) groups is 1. The first kappa shape index (κ1) is 11.6. The van der Waals surface area contributed by atoms with Gasteiger partial charge >= 0.3 is 0 Å². The summed E-state index contributed by atoms with van der Waals surface area (Å²) in [5.74, 6) is 0.0178. The summed E-state index contributed by atoms with van der Waals surface area (Å²) in [5, 5.41) is 6.83. The van der Waals surface area contributed by atoms with Crippen LogP contribution >= 0.6 is 11.3 Å². The lowest BCUT2D eigenvalue weighted by Gasteiger charge is -2.37. The predicted octanol–water partition coefficient (Wildman–Crippen LogP) is 2.59. The molecule has 2 rings (SSSR count). The molecule has 3 N–H and O–H groups in total. The highest BCUT2D eigenvalue weighted by molar-refractivity contribution is 7.08. The van der Waals surface area contributed by atoms with Crippen LogP contribution in [-0.4, -0.2) is 11.4 Å². The maximum absolute atomic E-state index is 12.1. The van der Waals surface area contributed by atoms with Crippen LogP contribution in [0.25, 0.3) is 0 Å². The molecule has 2 atom stereocenters. The van der Waals surface area contributed by atoms with Gasteiger partial charge in [-0.15, -0.1) is 0 Å². The number of nitrogens with one attached hydrogen (secondary N) is 1. The van der Waals surface area contributed by atoms with E-state index in [1.165, 1.54) is 0 Å². The highest BCUT2D eigenvalue weighted by Gasteiger charge is 2.37. The highest BCUT2D eigenvalue weighted by atomic mass is 32.1. The summed E-state index contributed by atoms with van der Waals surface area (Å²) in [6.07, 6.45) is 4.08. The molecule has 1 aliphatic carbocycles. The fourth-order valence-corrected chi connectivity index (χ4v) is 2.94. The van der Waals surface area contributed by atoms with Crippen molar-refractivity contribution in [1.82, 2.24) is 0 Å². The van der Waals surface area contributed by atoms with Crippen LogP contribution in [0, 0.1) is 5.92 Å². The molecular formula is C12H18N2OS. The molecule has 0 aliphatic heterocycles. The molecule has 1 amide bonds. The maximum Gasteiger partial charge on any atom is 0.229 e. The Labute approximate surface area is 100 Å². The van der Waals surface area contributed by atoms with Crippen LogP contribution in [0.5, 0.6) is 0 Å². The lowest BCUT2D eigenvalue weighted by atomic mass is 9.74. The number of nitrogens with two attached hydrogens (primary N) is 1. The average Bonchev–Trinajstić information content (AvgIpc) is 2.69. The third-order valence-corrected chi connectivity index (χ3v) is 4.04. The molecule has 16 heavy (non-hydrogen) atoms. The van der Waals surface area contributed by atoms with E-state index in [-0.39, 0.29) is 17.4 Å². The van der Waals surface area contributed by atoms with Crippen molar-refractivity contribution in [1.29, 1.82) is 0 Å². The first-order chi connectivity index (χ1) is 7.59. The third kappa shape index (κ3) is 2.44. The van der Waals surface area contributed by atoms with E-state index in [2.05, 4.69) is 5.32 Å². The van der Waals surface area contributed by atoms with Crippen LogP contribution < -0.4 is 11.1 Å². The highest BCUT2D eigenvalue weighted by Crippen LogP contribution is 2.32. The summed E-state index contributed by atoms with van der Waals surface area (Å²) < 4.78 is 0. The number of anilines is 1. The fraction of sp³-hybridized carbons (Fsp3) is 0.583. The van der Waals surface area contributed by atoms with Crippen molar-refractivity contribution < 1.29 is 4.79 Å². The van der Waals surface area contributed by atoms with Crippen LogP contribution in [0.2, 0.25) is 0 Å². The summed E-state index contributed by atoms with van der Waals surface area (Å²) in [7, 11) is 0. The van der Waals surface area contributed by atoms with Crippen molar-refractivity contribution in [3.63, 3.8) is 0 Å². The van der Waals surface area contributed by atoms with Gasteiger partial charge in [0.05, 0.1) is 11.6 Å². The molecule has 1 saturated carbocycles. The monoisotopic (exact) mass is 238 g/mol. The Morgan fingerprint density at radius 2 is 2.44 bits per heavy atom. The zero-order chi connectivity index (χ0) is 11.6. The van der Waals surface area contributed by atoms with Gasteiger partial charge in [-0.05, 0) is 31.2 Å². The Hall–Kier alpha value is -0.870.